The van der Waals surface area contributed by atoms with Gasteiger partial charge in [0.15, 0.2) is 0 Å². The zero-order chi connectivity index (χ0) is 13.9. The second-order valence-corrected chi connectivity index (χ2v) is 6.54. The highest BCUT2D eigenvalue weighted by atomic mass is 127. The molecule has 0 spiro atoms. The molecule has 0 radical (unpaired) electrons. The lowest BCUT2D eigenvalue weighted by Crippen LogP contribution is -2.14. The highest BCUT2D eigenvalue weighted by Crippen LogP contribution is 2.17. The summed E-state index contributed by atoms with van der Waals surface area (Å²) in [5, 5.41) is 2.72. The van der Waals surface area contributed by atoms with Crippen molar-refractivity contribution in [2.75, 3.05) is 17.1 Å². The van der Waals surface area contributed by atoms with Gasteiger partial charge in [-0.15, -0.1) is 0 Å². The quantitative estimate of drug-likeness (QED) is 0.780. The topological polar surface area (TPSA) is 84.0 Å². The second kappa shape index (κ2) is 5.70. The second-order valence-electron chi connectivity index (χ2n) is 3.61. The van der Waals surface area contributed by atoms with E-state index in [1.807, 2.05) is 6.07 Å². The highest BCUT2D eigenvalue weighted by Gasteiger charge is 2.15. The van der Waals surface area contributed by atoms with E-state index in [4.69, 9.17) is 0 Å². The van der Waals surface area contributed by atoms with E-state index in [-0.39, 0.29) is 4.90 Å². The van der Waals surface area contributed by atoms with Gasteiger partial charge < -0.3 is 5.32 Å². The Balaban J connectivity index is 2.27. The first-order chi connectivity index (χ1) is 9.01. The SMILES string of the molecule is CNc1ncc(S(=O)(=O)Nc2cccc(I)c2)cn1. The number of hydrogen-bond acceptors (Lipinski definition) is 5. The van der Waals surface area contributed by atoms with Crippen molar-refractivity contribution in [3.8, 4) is 0 Å². The Labute approximate surface area is 124 Å². The number of sulfonamides is 1. The van der Waals surface area contributed by atoms with Crippen LogP contribution in [-0.4, -0.2) is 25.4 Å². The van der Waals surface area contributed by atoms with Gasteiger partial charge in [-0.2, -0.15) is 0 Å². The summed E-state index contributed by atoms with van der Waals surface area (Å²) in [5.41, 5.74) is 0.504. The highest BCUT2D eigenvalue weighted by molar-refractivity contribution is 14.1. The zero-order valence-corrected chi connectivity index (χ0v) is 12.9. The van der Waals surface area contributed by atoms with Crippen LogP contribution in [0, 0.1) is 3.57 Å². The summed E-state index contributed by atoms with van der Waals surface area (Å²) >= 11 is 2.11. The summed E-state index contributed by atoms with van der Waals surface area (Å²) in [7, 11) is -2.00. The molecular weight excluding hydrogens is 379 g/mol. The molecule has 0 bridgehead atoms. The van der Waals surface area contributed by atoms with Gasteiger partial charge in [-0.05, 0) is 40.8 Å². The van der Waals surface area contributed by atoms with Gasteiger partial charge in [0.25, 0.3) is 10.0 Å². The Morgan fingerprint density at radius 3 is 2.47 bits per heavy atom. The number of benzene rings is 1. The number of halogens is 1. The van der Waals surface area contributed by atoms with E-state index in [1.165, 1.54) is 12.4 Å². The first-order valence-corrected chi connectivity index (χ1v) is 7.85. The molecule has 0 fully saturated rings. The van der Waals surface area contributed by atoms with Crippen molar-refractivity contribution in [2.45, 2.75) is 4.90 Å². The Morgan fingerprint density at radius 2 is 1.89 bits per heavy atom. The van der Waals surface area contributed by atoms with E-state index in [9.17, 15) is 8.42 Å². The van der Waals surface area contributed by atoms with Gasteiger partial charge in [-0.1, -0.05) is 6.07 Å². The third-order valence-corrected chi connectivity index (χ3v) is 4.25. The summed E-state index contributed by atoms with van der Waals surface area (Å²) in [6.07, 6.45) is 2.52. The average molecular weight is 390 g/mol. The van der Waals surface area contributed by atoms with E-state index in [0.717, 1.165) is 3.57 Å². The van der Waals surface area contributed by atoms with Gasteiger partial charge in [-0.3, -0.25) is 4.72 Å². The fourth-order valence-electron chi connectivity index (χ4n) is 1.35. The van der Waals surface area contributed by atoms with Crippen molar-refractivity contribution in [3.63, 3.8) is 0 Å². The minimum Gasteiger partial charge on any atom is -0.357 e. The molecule has 6 nitrogen and oxygen atoms in total. The van der Waals surface area contributed by atoms with Gasteiger partial charge in [0, 0.05) is 16.3 Å². The molecule has 2 rings (SSSR count). The van der Waals surface area contributed by atoms with Gasteiger partial charge in [0.05, 0.1) is 12.4 Å². The first kappa shape index (κ1) is 14.0. The van der Waals surface area contributed by atoms with E-state index in [0.29, 0.717) is 11.6 Å². The third-order valence-electron chi connectivity index (χ3n) is 2.24. The van der Waals surface area contributed by atoms with Crippen LogP contribution in [0.15, 0.2) is 41.6 Å². The van der Waals surface area contributed by atoms with Crippen molar-refractivity contribution >= 4 is 44.2 Å². The molecule has 1 aromatic carbocycles. The van der Waals surface area contributed by atoms with Crippen LogP contribution < -0.4 is 10.0 Å². The average Bonchev–Trinajstić information content (AvgIpc) is 2.38. The fourth-order valence-corrected chi connectivity index (χ4v) is 2.83. The Morgan fingerprint density at radius 1 is 1.21 bits per heavy atom. The van der Waals surface area contributed by atoms with E-state index in [2.05, 4.69) is 42.6 Å². The number of nitrogens with zero attached hydrogens (tertiary/aromatic N) is 2. The molecule has 0 amide bonds. The lowest BCUT2D eigenvalue weighted by Gasteiger charge is -2.08. The summed E-state index contributed by atoms with van der Waals surface area (Å²) in [6, 6.07) is 7.08. The van der Waals surface area contributed by atoms with Crippen molar-refractivity contribution in [3.05, 3.63) is 40.2 Å². The monoisotopic (exact) mass is 390 g/mol. The number of rotatable bonds is 4. The molecule has 100 valence electrons. The fraction of sp³-hybridized carbons (Fsp3) is 0.0909. The normalized spacial score (nSPS) is 11.1. The number of aromatic nitrogens is 2. The molecule has 0 saturated carbocycles. The van der Waals surface area contributed by atoms with Crippen LogP contribution in [0.4, 0.5) is 11.6 Å². The molecule has 0 aliphatic heterocycles. The van der Waals surface area contributed by atoms with Crippen LogP contribution in [0.25, 0.3) is 0 Å². The molecule has 0 aliphatic carbocycles. The lowest BCUT2D eigenvalue weighted by molar-refractivity contribution is 0.600. The molecule has 0 saturated heterocycles. The van der Waals surface area contributed by atoms with Crippen LogP contribution in [0.2, 0.25) is 0 Å². The Hall–Kier alpha value is -1.42. The van der Waals surface area contributed by atoms with E-state index < -0.39 is 10.0 Å². The standard InChI is InChI=1S/C11H11IN4O2S/c1-13-11-14-6-10(7-15-11)19(17,18)16-9-4-2-3-8(12)5-9/h2-7,16H,1H3,(H,13,14,15). The molecule has 19 heavy (non-hydrogen) atoms. The predicted octanol–water partition coefficient (Wildman–Crippen LogP) is 1.92. The Kier molecular flexibility index (Phi) is 4.20. The molecule has 8 heteroatoms. The van der Waals surface area contributed by atoms with Gasteiger partial charge in [0.2, 0.25) is 5.95 Å². The van der Waals surface area contributed by atoms with Gasteiger partial charge in [0.1, 0.15) is 4.90 Å². The largest absolute Gasteiger partial charge is 0.357 e. The molecule has 2 aromatic rings. The molecule has 1 heterocycles. The minimum atomic E-state index is -3.66. The molecular formula is C11H11IN4O2S. The van der Waals surface area contributed by atoms with Crippen LogP contribution in [0.3, 0.4) is 0 Å². The maximum atomic E-state index is 12.1. The lowest BCUT2D eigenvalue weighted by atomic mass is 10.3. The smallest absolute Gasteiger partial charge is 0.264 e. The number of hydrogen-bond donors (Lipinski definition) is 2. The number of nitrogens with one attached hydrogen (secondary N) is 2. The van der Waals surface area contributed by atoms with Gasteiger partial charge in [-0.25, -0.2) is 18.4 Å². The third kappa shape index (κ3) is 3.53. The van der Waals surface area contributed by atoms with Crippen molar-refractivity contribution in [1.82, 2.24) is 9.97 Å². The summed E-state index contributed by atoms with van der Waals surface area (Å²) in [6.45, 7) is 0. The van der Waals surface area contributed by atoms with Crippen molar-refractivity contribution < 1.29 is 8.42 Å². The van der Waals surface area contributed by atoms with Crippen molar-refractivity contribution in [2.24, 2.45) is 0 Å². The van der Waals surface area contributed by atoms with Crippen LogP contribution >= 0.6 is 22.6 Å². The maximum absolute atomic E-state index is 12.1. The minimum absolute atomic E-state index is 0.0189. The molecule has 1 aromatic heterocycles. The molecule has 2 N–H and O–H groups in total. The summed E-state index contributed by atoms with van der Waals surface area (Å²) in [5.74, 6) is 0.369. The first-order valence-electron chi connectivity index (χ1n) is 5.29. The van der Waals surface area contributed by atoms with Crippen molar-refractivity contribution in [1.29, 1.82) is 0 Å². The molecule has 0 unspecified atom stereocenters. The van der Waals surface area contributed by atoms with E-state index >= 15 is 0 Å². The van der Waals surface area contributed by atoms with Crippen LogP contribution in [0.5, 0.6) is 0 Å². The molecule has 0 atom stereocenters. The Bertz CT molecular complexity index is 673. The van der Waals surface area contributed by atoms with Crippen LogP contribution in [-0.2, 0) is 10.0 Å². The summed E-state index contributed by atoms with van der Waals surface area (Å²) < 4.78 is 27.6. The zero-order valence-electron chi connectivity index (χ0n) is 9.96. The number of anilines is 2. The van der Waals surface area contributed by atoms with E-state index in [1.54, 1.807) is 25.2 Å². The predicted molar refractivity (Wildman–Crippen MR) is 81.5 cm³/mol. The van der Waals surface area contributed by atoms with Gasteiger partial charge >= 0.3 is 0 Å². The summed E-state index contributed by atoms with van der Waals surface area (Å²) in [4.78, 5) is 7.78. The van der Waals surface area contributed by atoms with Crippen LogP contribution in [0.1, 0.15) is 0 Å². The maximum Gasteiger partial charge on any atom is 0.264 e. The molecule has 0 aliphatic rings.